The second kappa shape index (κ2) is 6.88. The van der Waals surface area contributed by atoms with Gasteiger partial charge in [0.05, 0.1) is 4.92 Å². The third-order valence-corrected chi connectivity index (χ3v) is 2.95. The van der Waals surface area contributed by atoms with Crippen molar-refractivity contribution in [2.24, 2.45) is 7.05 Å². The molecule has 0 aliphatic heterocycles. The zero-order valence-electron chi connectivity index (χ0n) is 11.9. The molecule has 0 aliphatic carbocycles. The van der Waals surface area contributed by atoms with Crippen LogP contribution < -0.4 is 5.32 Å². The lowest BCUT2D eigenvalue weighted by Crippen LogP contribution is -2.30. The Labute approximate surface area is 116 Å². The Morgan fingerprint density at radius 3 is 2.60 bits per heavy atom. The number of nitro groups is 1. The summed E-state index contributed by atoms with van der Waals surface area (Å²) in [6.07, 6.45) is 2.27. The van der Waals surface area contributed by atoms with E-state index >= 15 is 0 Å². The van der Waals surface area contributed by atoms with Crippen molar-refractivity contribution >= 4 is 17.5 Å². The van der Waals surface area contributed by atoms with E-state index in [-0.39, 0.29) is 11.5 Å². The number of nitrogens with one attached hydrogen (secondary N) is 1. The summed E-state index contributed by atoms with van der Waals surface area (Å²) in [5.41, 5.74) is 0.250. The molecule has 0 bridgehead atoms. The zero-order valence-corrected chi connectivity index (χ0v) is 11.9. The summed E-state index contributed by atoms with van der Waals surface area (Å²) in [6, 6.07) is -0.858. The summed E-state index contributed by atoms with van der Waals surface area (Å²) in [4.78, 5) is 21.9. The Balaban J connectivity index is 3.15. The van der Waals surface area contributed by atoms with E-state index in [0.717, 1.165) is 6.42 Å². The lowest BCUT2D eigenvalue weighted by atomic mass is 10.1. The van der Waals surface area contributed by atoms with Gasteiger partial charge in [-0.1, -0.05) is 26.7 Å². The van der Waals surface area contributed by atoms with E-state index in [1.165, 1.54) is 4.68 Å². The first-order chi connectivity index (χ1) is 9.42. The predicted molar refractivity (Wildman–Crippen MR) is 73.8 cm³/mol. The number of rotatable bonds is 8. The van der Waals surface area contributed by atoms with Gasteiger partial charge in [-0.15, -0.1) is 0 Å². The molecule has 2 N–H and O–H groups in total. The van der Waals surface area contributed by atoms with E-state index in [0.29, 0.717) is 25.0 Å². The van der Waals surface area contributed by atoms with E-state index in [9.17, 15) is 14.9 Å². The van der Waals surface area contributed by atoms with Crippen LogP contribution in [0.15, 0.2) is 0 Å². The molecule has 0 spiro atoms. The van der Waals surface area contributed by atoms with Crippen molar-refractivity contribution in [3.8, 4) is 0 Å². The second-order valence-corrected chi connectivity index (χ2v) is 4.60. The highest BCUT2D eigenvalue weighted by molar-refractivity contribution is 5.78. The van der Waals surface area contributed by atoms with Gasteiger partial charge in [-0.3, -0.25) is 10.1 Å². The maximum atomic E-state index is 11.2. The van der Waals surface area contributed by atoms with Gasteiger partial charge < -0.3 is 10.4 Å². The monoisotopic (exact) mass is 284 g/mol. The standard InChI is InChI=1S/C12H20N4O4/c1-4-6-8-10(16(19)20)11(15(3)14-8)13-9(7-5-2)12(17)18/h9,13H,4-7H2,1-3H3,(H,17,18). The lowest BCUT2D eigenvalue weighted by molar-refractivity contribution is -0.384. The number of nitrogens with zero attached hydrogens (tertiary/aromatic N) is 3. The number of anilines is 1. The van der Waals surface area contributed by atoms with E-state index in [1.54, 1.807) is 7.05 Å². The molecule has 1 rings (SSSR count). The highest BCUT2D eigenvalue weighted by Crippen LogP contribution is 2.29. The van der Waals surface area contributed by atoms with Gasteiger partial charge in [0.25, 0.3) is 0 Å². The summed E-state index contributed by atoms with van der Waals surface area (Å²) in [5.74, 6) is -0.876. The van der Waals surface area contributed by atoms with Gasteiger partial charge in [-0.25, -0.2) is 9.48 Å². The molecule has 0 aliphatic rings. The van der Waals surface area contributed by atoms with Gasteiger partial charge in [0.1, 0.15) is 11.7 Å². The van der Waals surface area contributed by atoms with Crippen LogP contribution in [0, 0.1) is 10.1 Å². The van der Waals surface area contributed by atoms with Gasteiger partial charge >= 0.3 is 11.7 Å². The predicted octanol–water partition coefficient (Wildman–Crippen LogP) is 1.95. The number of hydrogen-bond acceptors (Lipinski definition) is 5. The molecule has 1 aromatic rings. The fourth-order valence-electron chi connectivity index (χ4n) is 2.04. The van der Waals surface area contributed by atoms with Crippen molar-refractivity contribution < 1.29 is 14.8 Å². The van der Waals surface area contributed by atoms with Crippen LogP contribution in [0.3, 0.4) is 0 Å². The minimum atomic E-state index is -1.03. The van der Waals surface area contributed by atoms with Crippen molar-refractivity contribution in [1.82, 2.24) is 9.78 Å². The summed E-state index contributed by atoms with van der Waals surface area (Å²) in [6.45, 7) is 3.76. The molecule has 8 nitrogen and oxygen atoms in total. The summed E-state index contributed by atoms with van der Waals surface area (Å²) < 4.78 is 1.34. The second-order valence-electron chi connectivity index (χ2n) is 4.60. The Hall–Kier alpha value is -2.12. The van der Waals surface area contributed by atoms with Gasteiger partial charge in [0.15, 0.2) is 0 Å². The number of hydrogen-bond donors (Lipinski definition) is 2. The smallest absolute Gasteiger partial charge is 0.334 e. The van der Waals surface area contributed by atoms with Gasteiger partial charge in [-0.2, -0.15) is 5.10 Å². The Bertz CT molecular complexity index is 498. The molecule has 1 unspecified atom stereocenters. The van der Waals surface area contributed by atoms with Crippen molar-refractivity contribution in [3.63, 3.8) is 0 Å². The quantitative estimate of drug-likeness (QED) is 0.557. The fraction of sp³-hybridized carbons (Fsp3) is 0.667. The van der Waals surface area contributed by atoms with Crippen molar-refractivity contribution in [3.05, 3.63) is 15.8 Å². The number of aryl methyl sites for hydroxylation is 2. The molecule has 0 fully saturated rings. The normalized spacial score (nSPS) is 12.2. The first kappa shape index (κ1) is 15.9. The average Bonchev–Trinajstić information content (AvgIpc) is 2.65. The zero-order chi connectivity index (χ0) is 15.3. The molecule has 1 atom stereocenters. The Morgan fingerprint density at radius 1 is 1.50 bits per heavy atom. The van der Waals surface area contributed by atoms with E-state index < -0.39 is 16.9 Å². The van der Waals surface area contributed by atoms with Gasteiger partial charge in [0, 0.05) is 7.05 Å². The number of carbonyl (C=O) groups is 1. The Kier molecular flexibility index (Phi) is 5.48. The molecule has 8 heteroatoms. The van der Waals surface area contributed by atoms with Gasteiger partial charge in [-0.05, 0) is 12.8 Å². The molecule has 0 aromatic carbocycles. The SMILES string of the molecule is CCCc1nn(C)c(NC(CCC)C(=O)O)c1[N+](=O)[O-]. The van der Waals surface area contributed by atoms with Crippen molar-refractivity contribution in [2.45, 2.75) is 45.6 Å². The van der Waals surface area contributed by atoms with Crippen LogP contribution in [0.25, 0.3) is 0 Å². The fourth-order valence-corrected chi connectivity index (χ4v) is 2.04. The topological polar surface area (TPSA) is 110 Å². The first-order valence-electron chi connectivity index (χ1n) is 6.61. The Morgan fingerprint density at radius 2 is 2.15 bits per heavy atom. The molecular weight excluding hydrogens is 264 g/mol. The lowest BCUT2D eigenvalue weighted by Gasteiger charge is -2.14. The highest BCUT2D eigenvalue weighted by atomic mass is 16.6. The maximum Gasteiger partial charge on any atom is 0.334 e. The minimum absolute atomic E-state index is 0.128. The number of aromatic nitrogens is 2. The van der Waals surface area contributed by atoms with Crippen LogP contribution in [-0.4, -0.2) is 31.8 Å². The number of carboxylic acids is 1. The van der Waals surface area contributed by atoms with E-state index in [2.05, 4.69) is 10.4 Å². The first-order valence-corrected chi connectivity index (χ1v) is 6.61. The summed E-state index contributed by atoms with van der Waals surface area (Å²) in [5, 5.41) is 27.2. The van der Waals surface area contributed by atoms with Crippen LogP contribution in [0.4, 0.5) is 11.5 Å². The van der Waals surface area contributed by atoms with Crippen LogP contribution in [-0.2, 0) is 18.3 Å². The van der Waals surface area contributed by atoms with Crippen LogP contribution in [0.2, 0.25) is 0 Å². The van der Waals surface area contributed by atoms with Crippen LogP contribution in [0.1, 0.15) is 38.8 Å². The summed E-state index contributed by atoms with van der Waals surface area (Å²) >= 11 is 0. The largest absolute Gasteiger partial charge is 0.480 e. The number of carboxylic acid groups (broad SMARTS) is 1. The number of aliphatic carboxylic acids is 1. The molecule has 0 radical (unpaired) electrons. The van der Waals surface area contributed by atoms with Gasteiger partial charge in [0.2, 0.25) is 5.82 Å². The third-order valence-electron chi connectivity index (χ3n) is 2.95. The van der Waals surface area contributed by atoms with Crippen molar-refractivity contribution in [1.29, 1.82) is 0 Å². The molecule has 0 saturated carbocycles. The average molecular weight is 284 g/mol. The molecule has 0 amide bonds. The minimum Gasteiger partial charge on any atom is -0.480 e. The molecule has 1 aromatic heterocycles. The van der Waals surface area contributed by atoms with Crippen LogP contribution >= 0.6 is 0 Å². The van der Waals surface area contributed by atoms with Crippen LogP contribution in [0.5, 0.6) is 0 Å². The molecule has 1 heterocycles. The molecule has 112 valence electrons. The highest BCUT2D eigenvalue weighted by Gasteiger charge is 2.29. The molecular formula is C12H20N4O4. The molecule has 0 saturated heterocycles. The third kappa shape index (κ3) is 3.46. The maximum absolute atomic E-state index is 11.2. The van der Waals surface area contributed by atoms with E-state index in [4.69, 9.17) is 5.11 Å². The summed E-state index contributed by atoms with van der Waals surface area (Å²) in [7, 11) is 1.57. The van der Waals surface area contributed by atoms with Crippen molar-refractivity contribution in [2.75, 3.05) is 5.32 Å². The van der Waals surface area contributed by atoms with E-state index in [1.807, 2.05) is 13.8 Å². The molecule has 20 heavy (non-hydrogen) atoms.